The van der Waals surface area contributed by atoms with Crippen LogP contribution in [0.2, 0.25) is 5.02 Å². The Labute approximate surface area is 204 Å². The average Bonchev–Trinajstić information content (AvgIpc) is 2.88. The SMILES string of the molecule is CC(COc1cccc(Cl)c1)(NC(c1ccccc1)(c1ccccc1)c1ccccc1)C(=O)O. The average molecular weight is 472 g/mol. The Hall–Kier alpha value is -3.60. The summed E-state index contributed by atoms with van der Waals surface area (Å²) in [5.41, 5.74) is 0.353. The number of nitrogens with one attached hydrogen (secondary N) is 1. The second kappa shape index (κ2) is 10.1. The lowest BCUT2D eigenvalue weighted by molar-refractivity contribution is -0.146. The van der Waals surface area contributed by atoms with Gasteiger partial charge in [-0.3, -0.25) is 10.1 Å². The van der Waals surface area contributed by atoms with Crippen molar-refractivity contribution in [2.75, 3.05) is 6.61 Å². The zero-order chi connectivity index (χ0) is 24.0. The Kier molecular flexibility index (Phi) is 7.01. The summed E-state index contributed by atoms with van der Waals surface area (Å²) in [6.45, 7) is 1.53. The van der Waals surface area contributed by atoms with Crippen molar-refractivity contribution in [3.05, 3.63) is 137 Å². The standard InChI is InChI=1S/C29H26ClNO3/c1-28(27(32)33,21-34-26-19-11-18-25(30)20-26)31-29(22-12-5-2-6-13-22,23-14-7-3-8-15-23)24-16-9-4-10-17-24/h2-20,31H,21H2,1H3,(H,32,33). The predicted octanol–water partition coefficient (Wildman–Crippen LogP) is 6.14. The molecule has 0 amide bonds. The molecule has 0 fully saturated rings. The minimum Gasteiger partial charge on any atom is -0.491 e. The second-order valence-electron chi connectivity index (χ2n) is 8.36. The maximum Gasteiger partial charge on any atom is 0.327 e. The number of carbonyl (C=O) groups is 1. The van der Waals surface area contributed by atoms with Crippen LogP contribution in [0.25, 0.3) is 0 Å². The fourth-order valence-electron chi connectivity index (χ4n) is 4.13. The summed E-state index contributed by atoms with van der Waals surface area (Å²) < 4.78 is 5.94. The summed E-state index contributed by atoms with van der Waals surface area (Å²) in [5, 5.41) is 14.4. The fourth-order valence-corrected chi connectivity index (χ4v) is 4.31. The highest BCUT2D eigenvalue weighted by Crippen LogP contribution is 2.38. The molecular weight excluding hydrogens is 446 g/mol. The number of carboxylic acids is 1. The van der Waals surface area contributed by atoms with Gasteiger partial charge in [-0.2, -0.15) is 0 Å². The Morgan fingerprint density at radius 2 is 1.26 bits per heavy atom. The molecule has 1 atom stereocenters. The number of rotatable bonds is 9. The molecule has 34 heavy (non-hydrogen) atoms. The predicted molar refractivity (Wildman–Crippen MR) is 135 cm³/mol. The molecule has 0 aromatic heterocycles. The molecule has 0 saturated carbocycles. The Bertz CT molecular complexity index is 1140. The molecule has 0 bridgehead atoms. The number of carboxylic acid groups (broad SMARTS) is 1. The molecule has 172 valence electrons. The molecule has 4 aromatic carbocycles. The maximum atomic E-state index is 12.7. The molecule has 0 radical (unpaired) electrons. The number of benzene rings is 4. The summed E-state index contributed by atoms with van der Waals surface area (Å²) in [6.07, 6.45) is 0. The van der Waals surface area contributed by atoms with Crippen molar-refractivity contribution in [1.29, 1.82) is 0 Å². The van der Waals surface area contributed by atoms with E-state index in [-0.39, 0.29) is 6.61 Å². The molecule has 0 spiro atoms. The van der Waals surface area contributed by atoms with Crippen LogP contribution >= 0.6 is 11.6 Å². The van der Waals surface area contributed by atoms with E-state index in [0.29, 0.717) is 10.8 Å². The highest BCUT2D eigenvalue weighted by atomic mass is 35.5. The number of hydrogen-bond donors (Lipinski definition) is 2. The first-order valence-corrected chi connectivity index (χ1v) is 11.4. The fraction of sp³-hybridized carbons (Fsp3) is 0.138. The molecule has 4 aromatic rings. The Morgan fingerprint density at radius 1 is 0.794 bits per heavy atom. The van der Waals surface area contributed by atoms with Crippen molar-refractivity contribution in [1.82, 2.24) is 5.32 Å². The van der Waals surface area contributed by atoms with Crippen molar-refractivity contribution in [3.8, 4) is 5.75 Å². The molecule has 4 rings (SSSR count). The summed E-state index contributed by atoms with van der Waals surface area (Å²) in [6, 6.07) is 36.6. The lowest BCUT2D eigenvalue weighted by Gasteiger charge is -2.43. The van der Waals surface area contributed by atoms with Gasteiger partial charge in [0.1, 0.15) is 17.9 Å². The van der Waals surface area contributed by atoms with Gasteiger partial charge >= 0.3 is 5.97 Å². The zero-order valence-electron chi connectivity index (χ0n) is 18.8. The van der Waals surface area contributed by atoms with E-state index >= 15 is 0 Å². The third kappa shape index (κ3) is 4.84. The quantitative estimate of drug-likeness (QED) is 0.288. The maximum absolute atomic E-state index is 12.7. The molecule has 0 saturated heterocycles. The summed E-state index contributed by atoms with van der Waals surface area (Å²) in [4.78, 5) is 12.7. The van der Waals surface area contributed by atoms with Crippen LogP contribution in [0.3, 0.4) is 0 Å². The minimum atomic E-state index is -1.45. The van der Waals surface area contributed by atoms with Crippen LogP contribution in [-0.2, 0) is 10.3 Å². The molecular formula is C29H26ClNO3. The minimum absolute atomic E-state index is 0.114. The van der Waals surface area contributed by atoms with Crippen LogP contribution in [0.1, 0.15) is 23.6 Å². The van der Waals surface area contributed by atoms with Gasteiger partial charge in [-0.1, -0.05) is 109 Å². The van der Waals surface area contributed by atoms with E-state index in [9.17, 15) is 9.90 Å². The number of halogens is 1. The van der Waals surface area contributed by atoms with Crippen LogP contribution in [0.15, 0.2) is 115 Å². The first-order chi connectivity index (χ1) is 16.4. The van der Waals surface area contributed by atoms with Gasteiger partial charge in [0.2, 0.25) is 0 Å². The third-order valence-corrected chi connectivity index (χ3v) is 6.11. The van der Waals surface area contributed by atoms with Crippen LogP contribution in [0.5, 0.6) is 5.75 Å². The number of aliphatic carboxylic acids is 1. The van der Waals surface area contributed by atoms with Crippen molar-refractivity contribution in [2.24, 2.45) is 0 Å². The van der Waals surface area contributed by atoms with Crippen LogP contribution in [-0.4, -0.2) is 23.2 Å². The van der Waals surface area contributed by atoms with Crippen molar-refractivity contribution in [3.63, 3.8) is 0 Å². The zero-order valence-corrected chi connectivity index (χ0v) is 19.6. The van der Waals surface area contributed by atoms with Gasteiger partial charge in [0.15, 0.2) is 0 Å². The molecule has 0 aliphatic carbocycles. The lowest BCUT2D eigenvalue weighted by atomic mass is 9.75. The van der Waals surface area contributed by atoms with Gasteiger partial charge in [-0.15, -0.1) is 0 Å². The molecule has 4 nitrogen and oxygen atoms in total. The molecule has 2 N–H and O–H groups in total. The van der Waals surface area contributed by atoms with E-state index in [1.165, 1.54) is 0 Å². The second-order valence-corrected chi connectivity index (χ2v) is 8.79. The molecule has 0 heterocycles. The van der Waals surface area contributed by atoms with E-state index < -0.39 is 17.0 Å². The first kappa shape index (κ1) is 23.6. The normalized spacial score (nSPS) is 13.1. The molecule has 0 aliphatic heterocycles. The van der Waals surface area contributed by atoms with Gasteiger partial charge in [0, 0.05) is 5.02 Å². The molecule has 0 aliphatic rings. The number of hydrogen-bond acceptors (Lipinski definition) is 3. The van der Waals surface area contributed by atoms with Crippen molar-refractivity contribution < 1.29 is 14.6 Å². The van der Waals surface area contributed by atoms with Crippen molar-refractivity contribution in [2.45, 2.75) is 18.0 Å². The highest BCUT2D eigenvalue weighted by molar-refractivity contribution is 6.30. The summed E-state index contributed by atoms with van der Waals surface area (Å²) in [7, 11) is 0. The smallest absolute Gasteiger partial charge is 0.327 e. The van der Waals surface area contributed by atoms with Gasteiger partial charge in [-0.05, 0) is 41.8 Å². The van der Waals surface area contributed by atoms with Crippen LogP contribution < -0.4 is 10.1 Å². The third-order valence-electron chi connectivity index (χ3n) is 5.88. The van der Waals surface area contributed by atoms with Gasteiger partial charge in [0.05, 0.1) is 5.54 Å². The van der Waals surface area contributed by atoms with E-state index in [0.717, 1.165) is 16.7 Å². The van der Waals surface area contributed by atoms with Gasteiger partial charge < -0.3 is 9.84 Å². The van der Waals surface area contributed by atoms with E-state index in [1.54, 1.807) is 31.2 Å². The van der Waals surface area contributed by atoms with Gasteiger partial charge in [0.25, 0.3) is 0 Å². The van der Waals surface area contributed by atoms with Crippen molar-refractivity contribution >= 4 is 17.6 Å². The lowest BCUT2D eigenvalue weighted by Crippen LogP contribution is -2.62. The Balaban J connectivity index is 1.86. The van der Waals surface area contributed by atoms with Gasteiger partial charge in [-0.25, -0.2) is 0 Å². The number of ether oxygens (including phenoxy) is 1. The van der Waals surface area contributed by atoms with Crippen LogP contribution in [0.4, 0.5) is 0 Å². The first-order valence-electron chi connectivity index (χ1n) is 11.0. The Morgan fingerprint density at radius 3 is 1.68 bits per heavy atom. The summed E-state index contributed by atoms with van der Waals surface area (Å²) >= 11 is 6.09. The largest absolute Gasteiger partial charge is 0.491 e. The van der Waals surface area contributed by atoms with Crippen LogP contribution in [0, 0.1) is 0 Å². The highest BCUT2D eigenvalue weighted by Gasteiger charge is 2.46. The summed E-state index contributed by atoms with van der Waals surface area (Å²) in [5.74, 6) is -0.520. The van der Waals surface area contributed by atoms with E-state index in [4.69, 9.17) is 16.3 Å². The molecule has 5 heteroatoms. The topological polar surface area (TPSA) is 58.6 Å². The van der Waals surface area contributed by atoms with E-state index in [1.807, 2.05) is 91.0 Å². The monoisotopic (exact) mass is 471 g/mol. The van der Waals surface area contributed by atoms with E-state index in [2.05, 4.69) is 5.32 Å². The molecule has 1 unspecified atom stereocenters.